The van der Waals surface area contributed by atoms with Gasteiger partial charge in [0.25, 0.3) is 5.91 Å². The van der Waals surface area contributed by atoms with Crippen LogP contribution in [0.15, 0.2) is 18.3 Å². The summed E-state index contributed by atoms with van der Waals surface area (Å²) in [6.07, 6.45) is 2.40. The minimum absolute atomic E-state index is 0.151. The van der Waals surface area contributed by atoms with E-state index in [9.17, 15) is 9.59 Å². The van der Waals surface area contributed by atoms with E-state index in [0.717, 1.165) is 4.90 Å². The third-order valence-corrected chi connectivity index (χ3v) is 3.21. The number of likely N-dealkylation sites (N-methyl/N-ethyl adjacent to an activating group) is 1. The highest BCUT2D eigenvalue weighted by Crippen LogP contribution is 2.17. The van der Waals surface area contributed by atoms with Gasteiger partial charge in [0.05, 0.1) is 5.69 Å². The molecule has 0 bridgehead atoms. The van der Waals surface area contributed by atoms with Crippen LogP contribution in [-0.4, -0.2) is 39.8 Å². The molecule has 1 aliphatic heterocycles. The standard InChI is InChI=1S/C12H14N4O2S/c1-16-10(17)3-2-8(12(16)18)15-7-4-5-14-9(6-7)11(13)19/h4-6,8H,2-3H2,1H3,(H2,13,19)(H,14,15). The van der Waals surface area contributed by atoms with Gasteiger partial charge >= 0.3 is 0 Å². The molecule has 3 N–H and O–H groups in total. The lowest BCUT2D eigenvalue weighted by Crippen LogP contribution is -2.48. The van der Waals surface area contributed by atoms with Crippen LogP contribution in [-0.2, 0) is 9.59 Å². The number of nitrogens with two attached hydrogens (primary N) is 1. The molecule has 0 radical (unpaired) electrons. The van der Waals surface area contributed by atoms with Crippen molar-refractivity contribution < 1.29 is 9.59 Å². The molecule has 7 heteroatoms. The van der Waals surface area contributed by atoms with E-state index >= 15 is 0 Å². The Morgan fingerprint density at radius 2 is 2.32 bits per heavy atom. The minimum atomic E-state index is -0.413. The van der Waals surface area contributed by atoms with Crippen LogP contribution in [0.4, 0.5) is 5.69 Å². The van der Waals surface area contributed by atoms with Gasteiger partial charge in [0, 0.05) is 25.4 Å². The summed E-state index contributed by atoms with van der Waals surface area (Å²) < 4.78 is 0. The Morgan fingerprint density at radius 3 is 3.00 bits per heavy atom. The van der Waals surface area contributed by atoms with Gasteiger partial charge in [-0.3, -0.25) is 19.5 Å². The lowest BCUT2D eigenvalue weighted by Gasteiger charge is -2.28. The first-order chi connectivity index (χ1) is 8.99. The van der Waals surface area contributed by atoms with Gasteiger partial charge in [-0.05, 0) is 18.6 Å². The molecule has 19 heavy (non-hydrogen) atoms. The number of imide groups is 1. The third-order valence-electron chi connectivity index (χ3n) is 3.00. The fourth-order valence-electron chi connectivity index (χ4n) is 1.91. The summed E-state index contributed by atoms with van der Waals surface area (Å²) in [4.78, 5) is 28.7. The number of nitrogens with zero attached hydrogens (tertiary/aromatic N) is 2. The SMILES string of the molecule is CN1C(=O)CCC(Nc2ccnc(C(N)=S)c2)C1=O. The van der Waals surface area contributed by atoms with E-state index in [4.69, 9.17) is 18.0 Å². The van der Waals surface area contributed by atoms with Gasteiger partial charge < -0.3 is 11.1 Å². The fourth-order valence-corrected chi connectivity index (χ4v) is 2.02. The number of carbonyl (C=O) groups is 2. The minimum Gasteiger partial charge on any atom is -0.388 e. The fraction of sp³-hybridized carbons (Fsp3) is 0.333. The molecule has 1 saturated heterocycles. The highest BCUT2D eigenvalue weighted by Gasteiger charge is 2.31. The monoisotopic (exact) mass is 278 g/mol. The van der Waals surface area contributed by atoms with Crippen molar-refractivity contribution in [1.82, 2.24) is 9.88 Å². The molecule has 0 aliphatic carbocycles. The normalized spacial score (nSPS) is 19.4. The molecule has 100 valence electrons. The topological polar surface area (TPSA) is 88.3 Å². The number of hydrogen-bond acceptors (Lipinski definition) is 5. The lowest BCUT2D eigenvalue weighted by atomic mass is 10.0. The summed E-state index contributed by atoms with van der Waals surface area (Å²) in [6, 6.07) is 3.00. The number of pyridine rings is 1. The van der Waals surface area contributed by atoms with E-state index in [2.05, 4.69) is 10.3 Å². The zero-order valence-corrected chi connectivity index (χ0v) is 11.2. The number of piperidine rings is 1. The second kappa shape index (κ2) is 5.31. The zero-order chi connectivity index (χ0) is 14.0. The maximum absolute atomic E-state index is 11.9. The molecule has 1 aliphatic rings. The molecule has 2 rings (SSSR count). The Morgan fingerprint density at radius 1 is 1.58 bits per heavy atom. The molecule has 0 spiro atoms. The Labute approximate surface area is 116 Å². The third kappa shape index (κ3) is 2.87. The average Bonchev–Trinajstić information content (AvgIpc) is 2.40. The van der Waals surface area contributed by atoms with Crippen molar-refractivity contribution in [3.63, 3.8) is 0 Å². The second-order valence-corrected chi connectivity index (χ2v) is 4.76. The van der Waals surface area contributed by atoms with E-state index in [0.29, 0.717) is 24.2 Å². The van der Waals surface area contributed by atoms with Gasteiger partial charge in [-0.1, -0.05) is 12.2 Å². The van der Waals surface area contributed by atoms with E-state index in [1.54, 1.807) is 18.3 Å². The van der Waals surface area contributed by atoms with Crippen LogP contribution in [0.25, 0.3) is 0 Å². The number of nitrogens with one attached hydrogen (secondary N) is 1. The Balaban J connectivity index is 2.13. The molecule has 0 aromatic carbocycles. The summed E-state index contributed by atoms with van der Waals surface area (Å²) in [5, 5.41) is 3.08. The van der Waals surface area contributed by atoms with Gasteiger partial charge in [-0.15, -0.1) is 0 Å². The molecule has 6 nitrogen and oxygen atoms in total. The molecule has 1 fully saturated rings. The predicted octanol–water partition coefficient (Wildman–Crippen LogP) is 0.275. The molecule has 1 aromatic heterocycles. The predicted molar refractivity (Wildman–Crippen MR) is 74.5 cm³/mol. The number of thiocarbonyl (C=S) groups is 1. The van der Waals surface area contributed by atoms with Crippen LogP contribution >= 0.6 is 12.2 Å². The average molecular weight is 278 g/mol. The van der Waals surface area contributed by atoms with Crippen molar-refractivity contribution in [2.24, 2.45) is 5.73 Å². The van der Waals surface area contributed by atoms with Crippen LogP contribution in [0.5, 0.6) is 0 Å². The van der Waals surface area contributed by atoms with E-state index in [1.807, 2.05) is 0 Å². The summed E-state index contributed by atoms with van der Waals surface area (Å²) in [5.74, 6) is -0.383. The molecule has 1 unspecified atom stereocenters. The number of likely N-dealkylation sites (tertiary alicyclic amines) is 1. The number of hydrogen-bond donors (Lipinski definition) is 2. The van der Waals surface area contributed by atoms with Crippen LogP contribution < -0.4 is 11.1 Å². The molecule has 1 aromatic rings. The van der Waals surface area contributed by atoms with Gasteiger partial charge in [-0.2, -0.15) is 0 Å². The van der Waals surface area contributed by atoms with Gasteiger partial charge in [0.15, 0.2) is 0 Å². The molecular formula is C12H14N4O2S. The second-order valence-electron chi connectivity index (χ2n) is 4.32. The number of anilines is 1. The number of amides is 2. The molecular weight excluding hydrogens is 264 g/mol. The summed E-state index contributed by atoms with van der Waals surface area (Å²) in [6.45, 7) is 0. The van der Waals surface area contributed by atoms with E-state index in [-0.39, 0.29) is 16.8 Å². The first-order valence-electron chi connectivity index (χ1n) is 5.82. The molecule has 2 heterocycles. The maximum atomic E-state index is 11.9. The van der Waals surface area contributed by atoms with Crippen LogP contribution in [0.2, 0.25) is 0 Å². The van der Waals surface area contributed by atoms with E-state index < -0.39 is 6.04 Å². The highest BCUT2D eigenvalue weighted by atomic mass is 32.1. The zero-order valence-electron chi connectivity index (χ0n) is 10.4. The number of carbonyl (C=O) groups excluding carboxylic acids is 2. The van der Waals surface area contributed by atoms with E-state index in [1.165, 1.54) is 7.05 Å². The molecule has 1 atom stereocenters. The Kier molecular flexibility index (Phi) is 3.75. The smallest absolute Gasteiger partial charge is 0.251 e. The van der Waals surface area contributed by atoms with Crippen LogP contribution in [0, 0.1) is 0 Å². The Bertz CT molecular complexity index is 546. The molecule has 2 amide bonds. The van der Waals surface area contributed by atoms with Crippen molar-refractivity contribution in [2.45, 2.75) is 18.9 Å². The lowest BCUT2D eigenvalue weighted by molar-refractivity contribution is -0.146. The van der Waals surface area contributed by atoms with Crippen molar-refractivity contribution in [3.8, 4) is 0 Å². The van der Waals surface area contributed by atoms with Crippen LogP contribution in [0.3, 0.4) is 0 Å². The maximum Gasteiger partial charge on any atom is 0.251 e. The quantitative estimate of drug-likeness (QED) is 0.609. The summed E-state index contributed by atoms with van der Waals surface area (Å²) in [7, 11) is 1.49. The Hall–Kier alpha value is -2.02. The summed E-state index contributed by atoms with van der Waals surface area (Å²) >= 11 is 4.85. The van der Waals surface area contributed by atoms with Crippen molar-refractivity contribution in [1.29, 1.82) is 0 Å². The largest absolute Gasteiger partial charge is 0.388 e. The van der Waals surface area contributed by atoms with Crippen LogP contribution in [0.1, 0.15) is 18.5 Å². The van der Waals surface area contributed by atoms with Crippen molar-refractivity contribution in [2.75, 3.05) is 12.4 Å². The van der Waals surface area contributed by atoms with Gasteiger partial charge in [0.1, 0.15) is 11.0 Å². The first-order valence-corrected chi connectivity index (χ1v) is 6.22. The first kappa shape index (κ1) is 13.4. The number of aromatic nitrogens is 1. The van der Waals surface area contributed by atoms with Gasteiger partial charge in [-0.25, -0.2) is 0 Å². The van der Waals surface area contributed by atoms with Gasteiger partial charge in [0.2, 0.25) is 5.91 Å². The molecule has 0 saturated carbocycles. The summed E-state index contributed by atoms with van der Waals surface area (Å²) in [5.41, 5.74) is 6.71. The van der Waals surface area contributed by atoms with Crippen molar-refractivity contribution >= 4 is 34.7 Å². The van der Waals surface area contributed by atoms with Crippen molar-refractivity contribution in [3.05, 3.63) is 24.0 Å². The number of rotatable bonds is 3. The highest BCUT2D eigenvalue weighted by molar-refractivity contribution is 7.80.